The van der Waals surface area contributed by atoms with Crippen LogP contribution < -0.4 is 0 Å². The van der Waals surface area contributed by atoms with Crippen molar-refractivity contribution in [2.24, 2.45) is 5.92 Å². The van der Waals surface area contributed by atoms with Gasteiger partial charge in [0, 0.05) is 22.9 Å². The van der Waals surface area contributed by atoms with Crippen molar-refractivity contribution < 1.29 is 13.9 Å². The van der Waals surface area contributed by atoms with E-state index in [9.17, 15) is 4.79 Å². The third kappa shape index (κ3) is 4.15. The fraction of sp³-hybridized carbons (Fsp3) is 0.261. The Bertz CT molecular complexity index is 968. The van der Waals surface area contributed by atoms with Crippen molar-refractivity contribution >= 4 is 16.9 Å². The Morgan fingerprint density at radius 1 is 1.08 bits per heavy atom. The minimum atomic E-state index is -0.197. The molecule has 0 radical (unpaired) electrons. The average Bonchev–Trinajstić information content (AvgIpc) is 3.06. The number of rotatable bonds is 4. The summed E-state index contributed by atoms with van der Waals surface area (Å²) in [4.78, 5) is 11.8. The normalized spacial score (nSPS) is 11.7. The maximum absolute atomic E-state index is 11.8. The van der Waals surface area contributed by atoms with Gasteiger partial charge in [-0.25, -0.2) is 0 Å². The van der Waals surface area contributed by atoms with Crippen molar-refractivity contribution in [3.05, 3.63) is 71.0 Å². The highest BCUT2D eigenvalue weighted by Gasteiger charge is 2.19. The number of aryl methyl sites for hydroxylation is 1. The fourth-order valence-corrected chi connectivity index (χ4v) is 2.86. The molecule has 0 fully saturated rings. The van der Waals surface area contributed by atoms with Gasteiger partial charge in [-0.1, -0.05) is 36.5 Å². The molecule has 1 unspecified atom stereocenters. The van der Waals surface area contributed by atoms with Crippen molar-refractivity contribution in [1.29, 1.82) is 0 Å². The van der Waals surface area contributed by atoms with E-state index in [4.69, 9.17) is 9.15 Å². The van der Waals surface area contributed by atoms with E-state index >= 15 is 0 Å². The van der Waals surface area contributed by atoms with Crippen LogP contribution in [-0.2, 0) is 16.0 Å². The zero-order chi connectivity index (χ0) is 18.5. The Morgan fingerprint density at radius 2 is 1.77 bits per heavy atom. The van der Waals surface area contributed by atoms with Gasteiger partial charge in [0.25, 0.3) is 0 Å². The molecule has 2 aromatic carbocycles. The van der Waals surface area contributed by atoms with Crippen molar-refractivity contribution in [3.8, 4) is 11.8 Å². The van der Waals surface area contributed by atoms with Crippen molar-refractivity contribution in [2.75, 3.05) is 7.11 Å². The van der Waals surface area contributed by atoms with Crippen molar-refractivity contribution in [3.63, 3.8) is 0 Å². The van der Waals surface area contributed by atoms with Gasteiger partial charge in [0.15, 0.2) is 0 Å². The molecule has 0 saturated carbocycles. The minimum absolute atomic E-state index is 0.179. The summed E-state index contributed by atoms with van der Waals surface area (Å²) >= 11 is 0. The van der Waals surface area contributed by atoms with E-state index in [-0.39, 0.29) is 11.9 Å². The van der Waals surface area contributed by atoms with E-state index in [1.807, 2.05) is 43.3 Å². The van der Waals surface area contributed by atoms with Gasteiger partial charge in [-0.3, -0.25) is 4.79 Å². The van der Waals surface area contributed by atoms with Gasteiger partial charge in [-0.05, 0) is 49.7 Å². The highest BCUT2D eigenvalue weighted by molar-refractivity contribution is 5.80. The highest BCUT2D eigenvalue weighted by Crippen LogP contribution is 2.24. The zero-order valence-electron chi connectivity index (χ0n) is 15.3. The van der Waals surface area contributed by atoms with Gasteiger partial charge in [0.05, 0.1) is 13.0 Å². The van der Waals surface area contributed by atoms with E-state index in [0.29, 0.717) is 6.42 Å². The Labute approximate surface area is 154 Å². The van der Waals surface area contributed by atoms with Crippen molar-refractivity contribution in [1.82, 2.24) is 0 Å². The van der Waals surface area contributed by atoms with Crippen LogP contribution in [0.15, 0.2) is 52.9 Å². The molecular formula is C23H22O3. The second-order valence-electron chi connectivity index (χ2n) is 6.41. The smallest absolute Gasteiger partial charge is 0.309 e. The van der Waals surface area contributed by atoms with E-state index in [1.54, 1.807) is 0 Å². The summed E-state index contributed by atoms with van der Waals surface area (Å²) < 4.78 is 10.7. The number of furan rings is 1. The molecule has 3 heteroatoms. The summed E-state index contributed by atoms with van der Waals surface area (Å²) in [6, 6.07) is 16.0. The van der Waals surface area contributed by atoms with Crippen LogP contribution in [0.4, 0.5) is 0 Å². The second kappa shape index (κ2) is 7.93. The molecule has 3 nitrogen and oxygen atoms in total. The quantitative estimate of drug-likeness (QED) is 0.499. The largest absolute Gasteiger partial charge is 0.469 e. The van der Waals surface area contributed by atoms with Crippen LogP contribution in [-0.4, -0.2) is 13.1 Å². The predicted octanol–water partition coefficient (Wildman–Crippen LogP) is 4.88. The second-order valence-corrected chi connectivity index (χ2v) is 6.41. The number of hydrogen-bond donors (Lipinski definition) is 0. The van der Waals surface area contributed by atoms with Crippen LogP contribution in [0.3, 0.4) is 0 Å². The van der Waals surface area contributed by atoms with Gasteiger partial charge in [-0.15, -0.1) is 0 Å². The molecule has 0 aliphatic rings. The molecule has 26 heavy (non-hydrogen) atoms. The average molecular weight is 346 g/mol. The van der Waals surface area contributed by atoms with Gasteiger partial charge >= 0.3 is 5.97 Å². The van der Waals surface area contributed by atoms with Crippen LogP contribution in [0.2, 0.25) is 0 Å². The van der Waals surface area contributed by atoms with Crippen molar-refractivity contribution in [2.45, 2.75) is 26.7 Å². The van der Waals surface area contributed by atoms with E-state index < -0.39 is 0 Å². The molecule has 0 spiro atoms. The molecule has 3 aromatic rings. The van der Waals surface area contributed by atoms with Gasteiger partial charge < -0.3 is 9.15 Å². The van der Waals surface area contributed by atoms with Crippen LogP contribution >= 0.6 is 0 Å². The molecule has 3 rings (SSSR count). The monoisotopic (exact) mass is 346 g/mol. The summed E-state index contributed by atoms with van der Waals surface area (Å²) in [6.45, 7) is 4.04. The first kappa shape index (κ1) is 17.8. The first-order valence-corrected chi connectivity index (χ1v) is 8.78. The lowest BCUT2D eigenvalue weighted by molar-refractivity contribution is -0.145. The molecule has 0 N–H and O–H groups in total. The maximum atomic E-state index is 11.8. The molecule has 132 valence electrons. The minimum Gasteiger partial charge on any atom is -0.469 e. The topological polar surface area (TPSA) is 39.4 Å². The first-order valence-electron chi connectivity index (χ1n) is 8.78. The summed E-state index contributed by atoms with van der Waals surface area (Å²) in [5.41, 5.74) is 3.96. The molecule has 0 bridgehead atoms. The Balaban J connectivity index is 1.81. The Morgan fingerprint density at radius 3 is 2.46 bits per heavy atom. The van der Waals surface area contributed by atoms with Crippen LogP contribution in [0.25, 0.3) is 11.0 Å². The summed E-state index contributed by atoms with van der Waals surface area (Å²) in [5, 5.41) is 0.996. The molecule has 1 heterocycles. The molecule has 0 aliphatic carbocycles. The van der Waals surface area contributed by atoms with Crippen LogP contribution in [0, 0.1) is 24.7 Å². The number of hydrogen-bond acceptors (Lipinski definition) is 3. The van der Waals surface area contributed by atoms with Gasteiger partial charge in [0.1, 0.15) is 11.3 Å². The molecule has 1 atom stereocenters. The zero-order valence-corrected chi connectivity index (χ0v) is 15.3. The first-order chi connectivity index (χ1) is 12.6. The summed E-state index contributed by atoms with van der Waals surface area (Å²) in [7, 11) is 1.42. The number of carbonyl (C=O) groups is 1. The van der Waals surface area contributed by atoms with E-state index in [1.165, 1.54) is 12.7 Å². The lowest BCUT2D eigenvalue weighted by Crippen LogP contribution is -2.17. The molecule has 1 aromatic heterocycles. The third-order valence-electron chi connectivity index (χ3n) is 4.44. The third-order valence-corrected chi connectivity index (χ3v) is 4.44. The number of methoxy groups -OCH3 is 1. The summed E-state index contributed by atoms with van der Waals surface area (Å²) in [6.07, 6.45) is 1.26. The Kier molecular flexibility index (Phi) is 5.43. The molecule has 0 amide bonds. The number of esters is 1. The number of benzene rings is 2. The van der Waals surface area contributed by atoms with Gasteiger partial charge in [-0.2, -0.15) is 0 Å². The Hall–Kier alpha value is -2.99. The molecular weight excluding hydrogens is 324 g/mol. The highest BCUT2D eigenvalue weighted by atomic mass is 16.5. The lowest BCUT2D eigenvalue weighted by Gasteiger charge is -2.09. The van der Waals surface area contributed by atoms with E-state index in [0.717, 1.165) is 34.3 Å². The van der Waals surface area contributed by atoms with Gasteiger partial charge in [0.2, 0.25) is 0 Å². The van der Waals surface area contributed by atoms with E-state index in [2.05, 4.69) is 30.9 Å². The number of fused-ring (bicyclic) bond motifs is 1. The van der Waals surface area contributed by atoms with Crippen LogP contribution in [0.5, 0.6) is 0 Å². The standard InChI is InChI=1S/C23H22O3/c1-4-19(23(24)25-3)14-21-15-20-13-18(11-12-22(20)26-21)10-9-17-7-5-16(2)6-8-17/h5-8,11-13,15,19H,4,14H2,1-3H3. The number of carbonyl (C=O) groups excluding carboxylic acids is 1. The molecule has 0 aliphatic heterocycles. The van der Waals surface area contributed by atoms with Crippen LogP contribution in [0.1, 0.15) is 35.8 Å². The summed E-state index contributed by atoms with van der Waals surface area (Å²) in [5.74, 6) is 6.79. The lowest BCUT2D eigenvalue weighted by atomic mass is 10.0. The predicted molar refractivity (Wildman–Crippen MR) is 103 cm³/mol. The molecule has 0 saturated heterocycles. The SMILES string of the molecule is CCC(Cc1cc2cc(C#Cc3ccc(C)cc3)ccc2o1)C(=O)OC. The number of ether oxygens (including phenoxy) is 1. The fourth-order valence-electron chi connectivity index (χ4n) is 2.86. The maximum Gasteiger partial charge on any atom is 0.309 e.